The molecule has 7 nitrogen and oxygen atoms in total. The Morgan fingerprint density at radius 2 is 1.78 bits per heavy atom. The van der Waals surface area contributed by atoms with E-state index in [0.717, 1.165) is 47.1 Å². The summed E-state index contributed by atoms with van der Waals surface area (Å²) < 4.78 is 40.7. The number of hydrogen-bond acceptors (Lipinski definition) is 6. The van der Waals surface area contributed by atoms with Gasteiger partial charge >= 0.3 is 5.97 Å². The van der Waals surface area contributed by atoms with Crippen molar-refractivity contribution in [1.29, 1.82) is 0 Å². The van der Waals surface area contributed by atoms with E-state index in [1.807, 2.05) is 45.9 Å². The van der Waals surface area contributed by atoms with Crippen molar-refractivity contribution in [3.8, 4) is 11.1 Å². The lowest BCUT2D eigenvalue weighted by atomic mass is 9.94. The molecule has 0 aliphatic heterocycles. The quantitative estimate of drug-likeness (QED) is 0.466. The molecule has 8 heteroatoms. The summed E-state index contributed by atoms with van der Waals surface area (Å²) in [6.07, 6.45) is 11.1. The Labute approximate surface area is 219 Å². The maximum absolute atomic E-state index is 13.3. The maximum atomic E-state index is 13.3. The molecule has 1 heterocycles. The minimum absolute atomic E-state index is 0.179. The van der Waals surface area contributed by atoms with E-state index >= 15 is 0 Å². The lowest BCUT2D eigenvalue weighted by Gasteiger charge is -2.23. The number of aryl methyl sites for hydroxylation is 1. The van der Waals surface area contributed by atoms with Crippen LogP contribution < -0.4 is 4.72 Å². The third-order valence-corrected chi connectivity index (χ3v) is 7.50. The molecule has 4 rings (SSSR count). The zero-order valence-corrected chi connectivity index (χ0v) is 22.7. The number of nitrogens with one attached hydrogen (secondary N) is 1. The first-order valence-electron chi connectivity index (χ1n) is 12.5. The second-order valence-corrected chi connectivity index (χ2v) is 12.0. The number of allylic oxidation sites excluding steroid dienone is 5. The van der Waals surface area contributed by atoms with E-state index in [0.29, 0.717) is 24.3 Å². The summed E-state index contributed by atoms with van der Waals surface area (Å²) in [5, 5.41) is 0. The predicted molar refractivity (Wildman–Crippen MR) is 143 cm³/mol. The number of aromatic nitrogens is 1. The zero-order chi connectivity index (χ0) is 26.6. The summed E-state index contributed by atoms with van der Waals surface area (Å²) in [7, 11) is -3.79. The predicted octanol–water partition coefficient (Wildman–Crippen LogP) is 5.74. The van der Waals surface area contributed by atoms with Gasteiger partial charge in [-0.2, -0.15) is 0 Å². The Hall–Kier alpha value is -3.39. The van der Waals surface area contributed by atoms with E-state index in [9.17, 15) is 13.2 Å². The Balaban J connectivity index is 1.56. The van der Waals surface area contributed by atoms with Crippen LogP contribution in [0.15, 0.2) is 82.4 Å². The third kappa shape index (κ3) is 6.89. The smallest absolute Gasteiger partial charge is 0.344 e. The number of hydrogen-bond donors (Lipinski definition) is 1. The first-order valence-corrected chi connectivity index (χ1v) is 14.0. The fourth-order valence-corrected chi connectivity index (χ4v) is 5.63. The summed E-state index contributed by atoms with van der Waals surface area (Å²) >= 11 is 0. The van der Waals surface area contributed by atoms with Crippen molar-refractivity contribution >= 4 is 16.0 Å². The van der Waals surface area contributed by atoms with Crippen molar-refractivity contribution in [1.82, 2.24) is 9.71 Å². The number of ether oxygens (including phenoxy) is 2. The van der Waals surface area contributed by atoms with Gasteiger partial charge in [-0.1, -0.05) is 24.3 Å². The molecule has 2 aliphatic carbocycles. The molecule has 1 N–H and O–H groups in total. The molecule has 0 bridgehead atoms. The van der Waals surface area contributed by atoms with Crippen LogP contribution in [0, 0.1) is 6.92 Å². The number of esters is 1. The van der Waals surface area contributed by atoms with Crippen molar-refractivity contribution in [2.24, 2.45) is 0 Å². The molecule has 0 atom stereocenters. The lowest BCUT2D eigenvalue weighted by molar-refractivity contribution is -0.158. The highest BCUT2D eigenvalue weighted by molar-refractivity contribution is 7.89. The summed E-state index contributed by atoms with van der Waals surface area (Å²) in [6.45, 7) is 7.23. The third-order valence-electron chi connectivity index (χ3n) is 6.09. The zero-order valence-electron chi connectivity index (χ0n) is 21.8. The molecule has 0 unspecified atom stereocenters. The fourth-order valence-electron chi connectivity index (χ4n) is 4.48. The van der Waals surface area contributed by atoms with Crippen LogP contribution in [0.5, 0.6) is 0 Å². The average Bonchev–Trinajstić information content (AvgIpc) is 3.04. The molecule has 0 spiro atoms. The highest BCUT2D eigenvalue weighted by atomic mass is 32.2. The summed E-state index contributed by atoms with van der Waals surface area (Å²) in [5.74, 6) is 0.262. The van der Waals surface area contributed by atoms with Crippen LogP contribution in [0.1, 0.15) is 58.4 Å². The van der Waals surface area contributed by atoms with Gasteiger partial charge in [-0.05, 0) is 88.3 Å². The van der Waals surface area contributed by atoms with Crippen molar-refractivity contribution < 1.29 is 22.7 Å². The lowest BCUT2D eigenvalue weighted by Crippen LogP contribution is -2.27. The number of sulfonamides is 1. The highest BCUT2D eigenvalue weighted by Crippen LogP contribution is 2.35. The molecule has 0 radical (unpaired) electrons. The second kappa shape index (κ2) is 10.9. The molecule has 2 aromatic rings. The van der Waals surface area contributed by atoms with E-state index in [1.165, 1.54) is 0 Å². The van der Waals surface area contributed by atoms with Gasteiger partial charge in [0.25, 0.3) is 10.0 Å². The molecule has 37 heavy (non-hydrogen) atoms. The highest BCUT2D eigenvalue weighted by Gasteiger charge is 2.25. The maximum Gasteiger partial charge on any atom is 0.344 e. The van der Waals surface area contributed by atoms with Crippen LogP contribution in [0.4, 0.5) is 0 Å². The van der Waals surface area contributed by atoms with Gasteiger partial charge in [0.2, 0.25) is 0 Å². The van der Waals surface area contributed by atoms with Gasteiger partial charge in [-0.15, -0.1) is 0 Å². The Morgan fingerprint density at radius 3 is 2.49 bits per heavy atom. The number of pyridine rings is 1. The Kier molecular flexibility index (Phi) is 7.87. The molecule has 2 aliphatic rings. The minimum atomic E-state index is -3.79. The van der Waals surface area contributed by atoms with Gasteiger partial charge < -0.3 is 9.47 Å². The van der Waals surface area contributed by atoms with Crippen LogP contribution >= 0.6 is 0 Å². The largest absolute Gasteiger partial charge is 0.486 e. The SMILES string of the molecule is Cc1cncc(-c2ccc(S(=O)(=O)NC3=C4C=CCC(OCC(=O)OC(C)(C)C)=C4CCCC3)cc2)c1. The van der Waals surface area contributed by atoms with Crippen molar-refractivity contribution in [2.75, 3.05) is 6.61 Å². The summed E-state index contributed by atoms with van der Waals surface area (Å²) in [5.41, 5.74) is 4.71. The fraction of sp³-hybridized carbons (Fsp3) is 0.379. The van der Waals surface area contributed by atoms with Crippen LogP contribution in [-0.2, 0) is 24.3 Å². The topological polar surface area (TPSA) is 94.6 Å². The molecule has 196 valence electrons. The van der Waals surface area contributed by atoms with Gasteiger partial charge in [-0.25, -0.2) is 13.2 Å². The van der Waals surface area contributed by atoms with Crippen LogP contribution in [0.3, 0.4) is 0 Å². The number of benzene rings is 1. The van der Waals surface area contributed by atoms with Gasteiger partial charge in [0.15, 0.2) is 6.61 Å². The van der Waals surface area contributed by atoms with Gasteiger partial charge in [0, 0.05) is 35.6 Å². The average molecular weight is 523 g/mol. The summed E-state index contributed by atoms with van der Waals surface area (Å²) in [4.78, 5) is 16.6. The van der Waals surface area contributed by atoms with Gasteiger partial charge in [0.05, 0.1) is 4.90 Å². The first kappa shape index (κ1) is 26.7. The van der Waals surface area contributed by atoms with E-state index in [4.69, 9.17) is 9.47 Å². The molecular weight excluding hydrogens is 488 g/mol. The molecule has 0 amide bonds. The molecule has 0 saturated carbocycles. The molecule has 0 fully saturated rings. The van der Waals surface area contributed by atoms with E-state index in [-0.39, 0.29) is 11.5 Å². The number of nitrogens with zero attached hydrogens (tertiary/aromatic N) is 1. The molecule has 1 aromatic carbocycles. The van der Waals surface area contributed by atoms with E-state index < -0.39 is 21.6 Å². The normalized spacial score (nSPS) is 16.2. The van der Waals surface area contributed by atoms with Gasteiger partial charge in [0.1, 0.15) is 11.4 Å². The van der Waals surface area contributed by atoms with Crippen molar-refractivity contribution in [3.05, 3.63) is 83.0 Å². The molecule has 0 saturated heterocycles. The first-order chi connectivity index (χ1) is 17.5. The summed E-state index contributed by atoms with van der Waals surface area (Å²) in [6, 6.07) is 8.84. The second-order valence-electron chi connectivity index (χ2n) is 10.4. The Bertz CT molecular complexity index is 1360. The Morgan fingerprint density at radius 1 is 1.05 bits per heavy atom. The number of rotatable bonds is 7. The standard InChI is InChI=1S/C29H34N2O5S/c1-20-16-22(18-30-17-20)21-12-14-23(15-13-21)37(33,34)31-26-10-6-5-8-25-24(26)9-7-11-27(25)35-19-28(32)36-29(2,3)4/h7,9,12-18,31H,5-6,8,10-11,19H2,1-4H3. The molecular formula is C29H34N2O5S. The number of carbonyl (C=O) groups is 1. The van der Waals surface area contributed by atoms with Crippen molar-refractivity contribution in [2.45, 2.75) is 70.3 Å². The van der Waals surface area contributed by atoms with Crippen LogP contribution in [0.25, 0.3) is 11.1 Å². The van der Waals surface area contributed by atoms with Crippen molar-refractivity contribution in [3.63, 3.8) is 0 Å². The van der Waals surface area contributed by atoms with Crippen LogP contribution in [0.2, 0.25) is 0 Å². The van der Waals surface area contributed by atoms with Crippen LogP contribution in [-0.4, -0.2) is 31.6 Å². The number of carbonyl (C=O) groups excluding carboxylic acids is 1. The molecule has 1 aromatic heterocycles. The van der Waals surface area contributed by atoms with Gasteiger partial charge in [-0.3, -0.25) is 9.71 Å². The van der Waals surface area contributed by atoms with E-state index in [1.54, 1.807) is 36.7 Å². The minimum Gasteiger partial charge on any atom is -0.486 e. The van der Waals surface area contributed by atoms with E-state index in [2.05, 4.69) is 9.71 Å². The monoisotopic (exact) mass is 522 g/mol. The number of fused-ring (bicyclic) bond motifs is 1.